The number of nitrogens with two attached hydrogens (primary N) is 1. The van der Waals surface area contributed by atoms with E-state index in [1.807, 2.05) is 0 Å². The van der Waals surface area contributed by atoms with Gasteiger partial charge in [-0.2, -0.15) is 0 Å². The number of carbonyl (C=O) groups is 2. The molecule has 4 saturated carbocycles. The van der Waals surface area contributed by atoms with E-state index in [0.29, 0.717) is 18.4 Å². The maximum atomic E-state index is 12.1. The molecule has 4 fully saturated rings. The molecule has 0 spiro atoms. The first kappa shape index (κ1) is 16.6. The topological polar surface area (TPSA) is 84.2 Å². The van der Waals surface area contributed by atoms with Crippen molar-refractivity contribution in [3.8, 4) is 0 Å². The van der Waals surface area contributed by atoms with Gasteiger partial charge < -0.3 is 16.4 Å². The van der Waals surface area contributed by atoms with Crippen molar-refractivity contribution in [2.45, 2.75) is 64.2 Å². The van der Waals surface area contributed by atoms with Crippen molar-refractivity contribution in [2.75, 3.05) is 13.1 Å². The Balaban J connectivity index is 1.31. The van der Waals surface area contributed by atoms with Gasteiger partial charge in [-0.25, -0.2) is 4.79 Å². The molecule has 0 aromatic carbocycles. The average Bonchev–Trinajstić information content (AvgIpc) is 2.47. The lowest BCUT2D eigenvalue weighted by Crippen LogP contribution is -2.51. The van der Waals surface area contributed by atoms with E-state index in [1.165, 1.54) is 38.5 Å². The summed E-state index contributed by atoms with van der Waals surface area (Å²) in [6.07, 6.45) is 11.7. The van der Waals surface area contributed by atoms with E-state index in [2.05, 4.69) is 10.6 Å². The van der Waals surface area contributed by atoms with Crippen LogP contribution in [0.15, 0.2) is 0 Å². The molecule has 130 valence electrons. The Labute approximate surface area is 139 Å². The van der Waals surface area contributed by atoms with E-state index in [0.717, 1.165) is 43.6 Å². The van der Waals surface area contributed by atoms with E-state index >= 15 is 0 Å². The van der Waals surface area contributed by atoms with E-state index in [1.54, 1.807) is 0 Å². The highest BCUT2D eigenvalue weighted by Crippen LogP contribution is 2.59. The summed E-state index contributed by atoms with van der Waals surface area (Å²) in [5.41, 5.74) is 5.43. The van der Waals surface area contributed by atoms with Crippen LogP contribution >= 0.6 is 0 Å². The molecule has 3 amide bonds. The van der Waals surface area contributed by atoms with Crippen LogP contribution in [0.2, 0.25) is 0 Å². The van der Waals surface area contributed by atoms with Crippen molar-refractivity contribution in [3.05, 3.63) is 0 Å². The number of urea groups is 1. The first-order chi connectivity index (χ1) is 11.0. The van der Waals surface area contributed by atoms with E-state index in [9.17, 15) is 9.59 Å². The number of unbranched alkanes of at least 4 members (excludes halogenated alkanes) is 2. The fourth-order valence-electron chi connectivity index (χ4n) is 5.68. The zero-order chi connectivity index (χ0) is 16.3. The van der Waals surface area contributed by atoms with Gasteiger partial charge in [0.25, 0.3) is 0 Å². The van der Waals surface area contributed by atoms with Crippen LogP contribution in [0.25, 0.3) is 0 Å². The van der Waals surface area contributed by atoms with Gasteiger partial charge in [0.05, 0.1) is 0 Å². The highest BCUT2D eigenvalue weighted by Gasteiger charge is 2.50. The fourth-order valence-corrected chi connectivity index (χ4v) is 5.68. The molecule has 4 aliphatic rings. The zero-order valence-electron chi connectivity index (χ0n) is 14.1. The van der Waals surface area contributed by atoms with Crippen molar-refractivity contribution in [1.29, 1.82) is 0 Å². The highest BCUT2D eigenvalue weighted by atomic mass is 16.2. The number of hydrogen-bond donors (Lipinski definition) is 3. The van der Waals surface area contributed by atoms with Gasteiger partial charge in [-0.05, 0) is 74.5 Å². The van der Waals surface area contributed by atoms with Crippen LogP contribution in [0, 0.1) is 23.2 Å². The minimum Gasteiger partial charge on any atom is -0.356 e. The molecule has 0 unspecified atom stereocenters. The lowest BCUT2D eigenvalue weighted by atomic mass is 9.49. The second kappa shape index (κ2) is 7.10. The molecule has 4 aliphatic carbocycles. The molecule has 0 aromatic rings. The van der Waals surface area contributed by atoms with Crippen molar-refractivity contribution in [1.82, 2.24) is 10.6 Å². The molecule has 0 heterocycles. The second-order valence-corrected chi connectivity index (χ2v) is 8.30. The van der Waals surface area contributed by atoms with Crippen molar-refractivity contribution in [2.24, 2.45) is 28.9 Å². The van der Waals surface area contributed by atoms with Crippen molar-refractivity contribution >= 4 is 11.9 Å². The summed E-state index contributed by atoms with van der Waals surface area (Å²) in [6, 6.07) is -0.474. The van der Waals surface area contributed by atoms with E-state index in [4.69, 9.17) is 5.73 Å². The molecule has 0 aliphatic heterocycles. The standard InChI is InChI=1S/C18H31N3O2/c19-17(23)20-5-3-1-2-4-16(22)21-12-18-9-13-6-14(10-18)8-15(7-13)11-18/h13-15H,1-12H2,(H,21,22)(H3,19,20,23). The van der Waals surface area contributed by atoms with Crippen LogP contribution in [0.5, 0.6) is 0 Å². The second-order valence-electron chi connectivity index (χ2n) is 8.30. The number of primary amides is 1. The summed E-state index contributed by atoms with van der Waals surface area (Å²) in [4.78, 5) is 22.6. The van der Waals surface area contributed by atoms with E-state index < -0.39 is 6.03 Å². The number of rotatable bonds is 8. The van der Waals surface area contributed by atoms with Gasteiger partial charge in [0.2, 0.25) is 5.91 Å². The molecular formula is C18H31N3O2. The third-order valence-corrected chi connectivity index (χ3v) is 6.21. The van der Waals surface area contributed by atoms with E-state index in [-0.39, 0.29) is 5.91 Å². The summed E-state index contributed by atoms with van der Waals surface area (Å²) in [7, 11) is 0. The maximum absolute atomic E-state index is 12.1. The van der Waals surface area contributed by atoms with Crippen LogP contribution in [-0.4, -0.2) is 25.0 Å². The third-order valence-electron chi connectivity index (χ3n) is 6.21. The molecule has 0 atom stereocenters. The quantitative estimate of drug-likeness (QED) is 0.600. The lowest BCUT2D eigenvalue weighted by molar-refractivity contribution is -0.123. The average molecular weight is 321 g/mol. The highest BCUT2D eigenvalue weighted by molar-refractivity contribution is 5.75. The summed E-state index contributed by atoms with van der Waals surface area (Å²) in [5, 5.41) is 5.79. The number of hydrogen-bond acceptors (Lipinski definition) is 2. The SMILES string of the molecule is NC(=O)NCCCCCC(=O)NCC12CC3CC(CC(C3)C1)C2. The van der Waals surface area contributed by atoms with Gasteiger partial charge in [0, 0.05) is 19.5 Å². The van der Waals surface area contributed by atoms with Gasteiger partial charge in [0.15, 0.2) is 0 Å². The zero-order valence-corrected chi connectivity index (χ0v) is 14.1. The van der Waals surface area contributed by atoms with Gasteiger partial charge in [-0.3, -0.25) is 4.79 Å². The van der Waals surface area contributed by atoms with Crippen molar-refractivity contribution in [3.63, 3.8) is 0 Å². The summed E-state index contributed by atoms with van der Waals surface area (Å²) in [6.45, 7) is 1.50. The first-order valence-corrected chi connectivity index (χ1v) is 9.35. The molecule has 0 aromatic heterocycles. The first-order valence-electron chi connectivity index (χ1n) is 9.35. The van der Waals surface area contributed by atoms with Crippen molar-refractivity contribution < 1.29 is 9.59 Å². The number of amides is 3. The Morgan fingerprint density at radius 3 is 2.09 bits per heavy atom. The molecule has 0 saturated heterocycles. The number of nitrogens with one attached hydrogen (secondary N) is 2. The van der Waals surface area contributed by atoms with Gasteiger partial charge >= 0.3 is 6.03 Å². The largest absolute Gasteiger partial charge is 0.356 e. The van der Waals surface area contributed by atoms with Gasteiger partial charge in [0.1, 0.15) is 0 Å². The smallest absolute Gasteiger partial charge is 0.312 e. The summed E-state index contributed by atoms with van der Waals surface area (Å²) < 4.78 is 0. The Bertz CT molecular complexity index is 414. The Kier molecular flexibility index (Phi) is 5.12. The Hall–Kier alpha value is -1.26. The van der Waals surface area contributed by atoms with Gasteiger partial charge in [-0.1, -0.05) is 6.42 Å². The molecule has 4 rings (SSSR count). The molecule has 0 radical (unpaired) electrons. The maximum Gasteiger partial charge on any atom is 0.312 e. The minimum atomic E-state index is -0.474. The molecule has 23 heavy (non-hydrogen) atoms. The predicted octanol–water partition coefficient (Wildman–Crippen LogP) is 2.55. The normalized spacial score (nSPS) is 34.3. The van der Waals surface area contributed by atoms with Crippen LogP contribution in [0.4, 0.5) is 4.79 Å². The molecule has 4 N–H and O–H groups in total. The van der Waals surface area contributed by atoms with Crippen LogP contribution in [-0.2, 0) is 4.79 Å². The minimum absolute atomic E-state index is 0.198. The predicted molar refractivity (Wildman–Crippen MR) is 89.7 cm³/mol. The molecule has 5 heteroatoms. The Morgan fingerprint density at radius 2 is 1.52 bits per heavy atom. The summed E-state index contributed by atoms with van der Waals surface area (Å²) >= 11 is 0. The van der Waals surface area contributed by atoms with Crippen LogP contribution in [0.1, 0.15) is 64.2 Å². The fraction of sp³-hybridized carbons (Fsp3) is 0.889. The molecular weight excluding hydrogens is 290 g/mol. The number of carbonyl (C=O) groups excluding carboxylic acids is 2. The van der Waals surface area contributed by atoms with Crippen LogP contribution in [0.3, 0.4) is 0 Å². The molecule has 5 nitrogen and oxygen atoms in total. The molecule has 4 bridgehead atoms. The summed E-state index contributed by atoms with van der Waals surface area (Å²) in [5.74, 6) is 3.02. The Morgan fingerprint density at radius 1 is 0.913 bits per heavy atom. The third kappa shape index (κ3) is 4.39. The van der Waals surface area contributed by atoms with Crippen LogP contribution < -0.4 is 16.4 Å². The van der Waals surface area contributed by atoms with Gasteiger partial charge in [-0.15, -0.1) is 0 Å². The monoisotopic (exact) mass is 321 g/mol. The lowest BCUT2D eigenvalue weighted by Gasteiger charge is -2.56.